The number of aliphatic imine (C=N–C) groups is 1. The molecule has 0 saturated carbocycles. The second-order valence-corrected chi connectivity index (χ2v) is 6.36. The minimum Gasteiger partial charge on any atom is -0.370 e. The highest BCUT2D eigenvalue weighted by molar-refractivity contribution is 6.12. The van der Waals surface area contributed by atoms with Crippen molar-refractivity contribution in [3.8, 4) is 0 Å². The molecule has 4 N–H and O–H groups in total. The van der Waals surface area contributed by atoms with Crippen molar-refractivity contribution in [2.24, 2.45) is 10.7 Å². The number of benzene rings is 3. The zero-order valence-corrected chi connectivity index (χ0v) is 14.8. The maximum atomic E-state index is 12.6. The van der Waals surface area contributed by atoms with Crippen molar-refractivity contribution in [2.45, 2.75) is 6.42 Å². The Kier molecular flexibility index (Phi) is 4.58. The summed E-state index contributed by atoms with van der Waals surface area (Å²) in [7, 11) is 0. The molecule has 0 bridgehead atoms. The van der Waals surface area contributed by atoms with Gasteiger partial charge in [-0.3, -0.25) is 15.1 Å². The van der Waals surface area contributed by atoms with Gasteiger partial charge in [0.05, 0.1) is 0 Å². The first kappa shape index (κ1) is 16.8. The molecular weight excluding hydrogens is 336 g/mol. The van der Waals surface area contributed by atoms with Gasteiger partial charge in [-0.15, -0.1) is 0 Å². The van der Waals surface area contributed by atoms with E-state index in [1.54, 1.807) is 6.07 Å². The highest BCUT2D eigenvalue weighted by Gasteiger charge is 2.10. The molecule has 4 rings (SSSR count). The summed E-state index contributed by atoms with van der Waals surface area (Å²) in [4.78, 5) is 20.1. The number of rotatable bonds is 4. The van der Waals surface area contributed by atoms with Crippen LogP contribution in [0.2, 0.25) is 0 Å². The van der Waals surface area contributed by atoms with Gasteiger partial charge in [0, 0.05) is 29.2 Å². The molecule has 1 aromatic heterocycles. The summed E-state index contributed by atoms with van der Waals surface area (Å²) in [5.41, 5.74) is 8.79. The molecule has 0 fully saturated rings. The van der Waals surface area contributed by atoms with E-state index in [4.69, 9.17) is 5.73 Å². The van der Waals surface area contributed by atoms with Gasteiger partial charge in [-0.2, -0.15) is 0 Å². The molecule has 0 spiro atoms. The molecule has 0 unspecified atom stereocenters. The maximum absolute atomic E-state index is 12.6. The van der Waals surface area contributed by atoms with Gasteiger partial charge in [-0.1, -0.05) is 54.6 Å². The van der Waals surface area contributed by atoms with Gasteiger partial charge in [0.15, 0.2) is 5.96 Å². The number of nitrogens with zero attached hydrogens (tertiary/aromatic N) is 1. The van der Waals surface area contributed by atoms with E-state index in [0.717, 1.165) is 22.7 Å². The van der Waals surface area contributed by atoms with Crippen molar-refractivity contribution in [3.63, 3.8) is 0 Å². The number of H-pyrrole nitrogens is 1. The number of amides is 1. The summed E-state index contributed by atoms with van der Waals surface area (Å²) < 4.78 is 0. The van der Waals surface area contributed by atoms with Crippen LogP contribution in [-0.4, -0.2) is 23.4 Å². The minimum atomic E-state index is -0.250. The van der Waals surface area contributed by atoms with Crippen molar-refractivity contribution >= 4 is 33.5 Å². The Bertz CT molecular complexity index is 1140. The Morgan fingerprint density at radius 2 is 1.70 bits per heavy atom. The summed E-state index contributed by atoms with van der Waals surface area (Å²) in [6, 6.07) is 21.5. The summed E-state index contributed by atoms with van der Waals surface area (Å²) in [6.45, 7) is 0.503. The third kappa shape index (κ3) is 3.53. The molecular formula is C22H20N4O. The van der Waals surface area contributed by atoms with Crippen LogP contribution in [0.15, 0.2) is 77.9 Å². The van der Waals surface area contributed by atoms with Crippen LogP contribution in [0.5, 0.6) is 0 Å². The molecule has 0 atom stereocenters. The molecule has 1 heterocycles. The van der Waals surface area contributed by atoms with Gasteiger partial charge in [-0.05, 0) is 34.9 Å². The SMILES string of the molecule is NC(=NCCc1c[nH]c2ccccc12)NC(=O)c1cccc2ccccc12. The van der Waals surface area contributed by atoms with Crippen LogP contribution in [0.4, 0.5) is 0 Å². The fourth-order valence-corrected chi connectivity index (χ4v) is 3.28. The summed E-state index contributed by atoms with van der Waals surface area (Å²) in [5, 5.41) is 5.78. The number of nitrogens with two attached hydrogens (primary N) is 1. The molecule has 0 aliphatic rings. The summed E-state index contributed by atoms with van der Waals surface area (Å²) in [5.74, 6) is -0.118. The second-order valence-electron chi connectivity index (χ2n) is 6.36. The van der Waals surface area contributed by atoms with Crippen LogP contribution in [0.3, 0.4) is 0 Å². The molecule has 3 aromatic carbocycles. The number of para-hydroxylation sites is 1. The van der Waals surface area contributed by atoms with E-state index in [1.165, 1.54) is 10.9 Å². The zero-order valence-electron chi connectivity index (χ0n) is 14.8. The van der Waals surface area contributed by atoms with E-state index in [-0.39, 0.29) is 11.9 Å². The number of aromatic nitrogens is 1. The Labute approximate surface area is 156 Å². The maximum Gasteiger partial charge on any atom is 0.258 e. The molecule has 0 saturated heterocycles. The van der Waals surface area contributed by atoms with E-state index in [9.17, 15) is 4.79 Å². The Morgan fingerprint density at radius 3 is 2.59 bits per heavy atom. The lowest BCUT2D eigenvalue weighted by Crippen LogP contribution is -2.37. The van der Waals surface area contributed by atoms with Gasteiger partial charge >= 0.3 is 0 Å². The molecule has 0 aliphatic carbocycles. The number of guanidine groups is 1. The van der Waals surface area contributed by atoms with E-state index >= 15 is 0 Å². The molecule has 4 aromatic rings. The minimum absolute atomic E-state index is 0.132. The van der Waals surface area contributed by atoms with Crippen molar-refractivity contribution in [2.75, 3.05) is 6.54 Å². The third-order valence-electron chi connectivity index (χ3n) is 4.61. The third-order valence-corrected chi connectivity index (χ3v) is 4.61. The highest BCUT2D eigenvalue weighted by atomic mass is 16.1. The van der Waals surface area contributed by atoms with E-state index < -0.39 is 0 Å². The lowest BCUT2D eigenvalue weighted by atomic mass is 10.0. The molecule has 5 nitrogen and oxygen atoms in total. The van der Waals surface area contributed by atoms with Crippen molar-refractivity contribution < 1.29 is 4.79 Å². The van der Waals surface area contributed by atoms with E-state index in [0.29, 0.717) is 12.1 Å². The van der Waals surface area contributed by atoms with Gasteiger partial charge in [0.2, 0.25) is 0 Å². The lowest BCUT2D eigenvalue weighted by Gasteiger charge is -2.07. The van der Waals surface area contributed by atoms with Gasteiger partial charge in [0.1, 0.15) is 0 Å². The molecule has 27 heavy (non-hydrogen) atoms. The van der Waals surface area contributed by atoms with E-state index in [2.05, 4.69) is 21.4 Å². The molecule has 1 amide bonds. The van der Waals surface area contributed by atoms with Crippen LogP contribution in [0, 0.1) is 0 Å². The van der Waals surface area contributed by atoms with Crippen molar-refractivity contribution in [1.29, 1.82) is 0 Å². The molecule has 134 valence electrons. The highest BCUT2D eigenvalue weighted by Crippen LogP contribution is 2.19. The van der Waals surface area contributed by atoms with Gasteiger partial charge < -0.3 is 10.7 Å². The molecule has 0 aliphatic heterocycles. The fraction of sp³-hybridized carbons (Fsp3) is 0.0909. The van der Waals surface area contributed by atoms with Gasteiger partial charge in [0.25, 0.3) is 5.91 Å². The Balaban J connectivity index is 1.43. The van der Waals surface area contributed by atoms with Crippen LogP contribution in [0.25, 0.3) is 21.7 Å². The largest absolute Gasteiger partial charge is 0.370 e. The van der Waals surface area contributed by atoms with Crippen molar-refractivity contribution in [1.82, 2.24) is 10.3 Å². The monoisotopic (exact) mass is 356 g/mol. The number of fused-ring (bicyclic) bond motifs is 2. The first-order chi connectivity index (χ1) is 13.2. The molecule has 5 heteroatoms. The Hall–Kier alpha value is -3.60. The first-order valence-electron chi connectivity index (χ1n) is 8.86. The number of hydrogen-bond acceptors (Lipinski definition) is 2. The number of hydrogen-bond donors (Lipinski definition) is 3. The predicted molar refractivity (Wildman–Crippen MR) is 110 cm³/mol. The van der Waals surface area contributed by atoms with Crippen LogP contribution in [0.1, 0.15) is 15.9 Å². The lowest BCUT2D eigenvalue weighted by molar-refractivity contribution is 0.0978. The molecule has 0 radical (unpaired) electrons. The zero-order chi connectivity index (χ0) is 18.6. The van der Waals surface area contributed by atoms with Crippen LogP contribution >= 0.6 is 0 Å². The van der Waals surface area contributed by atoms with E-state index in [1.807, 2.05) is 60.8 Å². The van der Waals surface area contributed by atoms with Crippen molar-refractivity contribution in [3.05, 3.63) is 84.1 Å². The smallest absolute Gasteiger partial charge is 0.258 e. The Morgan fingerprint density at radius 1 is 0.963 bits per heavy atom. The predicted octanol–water partition coefficient (Wildman–Crippen LogP) is 3.61. The average Bonchev–Trinajstić information content (AvgIpc) is 3.11. The number of nitrogens with one attached hydrogen (secondary N) is 2. The second kappa shape index (κ2) is 7.33. The van der Waals surface area contributed by atoms with Gasteiger partial charge in [-0.25, -0.2) is 0 Å². The topological polar surface area (TPSA) is 83.3 Å². The number of aromatic amines is 1. The normalized spacial score (nSPS) is 11.8. The number of carbonyl (C=O) groups excluding carboxylic acids is 1. The first-order valence-corrected chi connectivity index (χ1v) is 8.86. The van der Waals surface area contributed by atoms with Crippen LogP contribution in [-0.2, 0) is 6.42 Å². The number of carbonyl (C=O) groups is 1. The fourth-order valence-electron chi connectivity index (χ4n) is 3.28. The summed E-state index contributed by atoms with van der Waals surface area (Å²) >= 11 is 0. The summed E-state index contributed by atoms with van der Waals surface area (Å²) in [6.07, 6.45) is 2.74. The standard InChI is InChI=1S/C22H20N4O/c23-22(24-13-12-16-14-25-20-11-4-3-9-18(16)20)26-21(27)19-10-5-7-15-6-1-2-8-17(15)19/h1-11,14,25H,12-13H2,(H3,23,24,26,27). The average molecular weight is 356 g/mol. The van der Waals surface area contributed by atoms with Crippen LogP contribution < -0.4 is 11.1 Å². The quantitative estimate of drug-likeness (QED) is 0.385.